The summed E-state index contributed by atoms with van der Waals surface area (Å²) in [7, 11) is 1.91. The number of nitrogens with zero attached hydrogens (tertiary/aromatic N) is 3. The Labute approximate surface area is 124 Å². The molecule has 1 saturated heterocycles. The monoisotopic (exact) mass is 326 g/mol. The Balaban J connectivity index is 2.30. The third-order valence-electron chi connectivity index (χ3n) is 3.52. The van der Waals surface area contributed by atoms with E-state index in [0.717, 1.165) is 47.9 Å². The van der Waals surface area contributed by atoms with E-state index in [4.69, 9.17) is 4.98 Å². The molecule has 5 heteroatoms. The van der Waals surface area contributed by atoms with Gasteiger partial charge in [0.2, 0.25) is 5.95 Å². The topological polar surface area (TPSA) is 41.1 Å². The van der Waals surface area contributed by atoms with Crippen molar-refractivity contribution in [2.45, 2.75) is 45.4 Å². The van der Waals surface area contributed by atoms with Crippen LogP contribution in [0.3, 0.4) is 0 Å². The van der Waals surface area contributed by atoms with E-state index in [1.54, 1.807) is 0 Å². The lowest BCUT2D eigenvalue weighted by Gasteiger charge is -2.22. The summed E-state index contributed by atoms with van der Waals surface area (Å²) < 4.78 is 1.01. The summed E-state index contributed by atoms with van der Waals surface area (Å²) in [6.07, 6.45) is 7.23. The summed E-state index contributed by atoms with van der Waals surface area (Å²) in [6.45, 7) is 4.34. The van der Waals surface area contributed by atoms with Crippen LogP contribution in [0.2, 0.25) is 0 Å². The van der Waals surface area contributed by atoms with Crippen molar-refractivity contribution < 1.29 is 0 Å². The van der Waals surface area contributed by atoms with E-state index in [1.165, 1.54) is 25.7 Å². The molecule has 19 heavy (non-hydrogen) atoms. The molecule has 0 amide bonds. The first-order valence-electron chi connectivity index (χ1n) is 7.25. The highest BCUT2D eigenvalue weighted by atomic mass is 79.9. The van der Waals surface area contributed by atoms with Crippen LogP contribution < -0.4 is 10.2 Å². The average molecular weight is 327 g/mol. The van der Waals surface area contributed by atoms with Crippen molar-refractivity contribution in [1.29, 1.82) is 0 Å². The van der Waals surface area contributed by atoms with Gasteiger partial charge >= 0.3 is 0 Å². The summed E-state index contributed by atoms with van der Waals surface area (Å²) >= 11 is 3.61. The van der Waals surface area contributed by atoms with E-state index >= 15 is 0 Å². The number of aryl methyl sites for hydroxylation is 1. The van der Waals surface area contributed by atoms with Crippen LogP contribution in [0.4, 0.5) is 11.8 Å². The van der Waals surface area contributed by atoms with Crippen LogP contribution >= 0.6 is 15.9 Å². The van der Waals surface area contributed by atoms with Gasteiger partial charge in [-0.15, -0.1) is 0 Å². The average Bonchev–Trinajstić information content (AvgIpc) is 2.70. The number of hydrogen-bond acceptors (Lipinski definition) is 4. The highest BCUT2D eigenvalue weighted by molar-refractivity contribution is 9.10. The van der Waals surface area contributed by atoms with Gasteiger partial charge in [-0.3, -0.25) is 0 Å². The van der Waals surface area contributed by atoms with E-state index < -0.39 is 0 Å². The van der Waals surface area contributed by atoms with Gasteiger partial charge in [-0.2, -0.15) is 4.98 Å². The second kappa shape index (κ2) is 7.08. The van der Waals surface area contributed by atoms with Crippen molar-refractivity contribution in [3.8, 4) is 0 Å². The highest BCUT2D eigenvalue weighted by Crippen LogP contribution is 2.27. The maximum absolute atomic E-state index is 4.76. The van der Waals surface area contributed by atoms with Gasteiger partial charge in [-0.05, 0) is 35.2 Å². The third kappa shape index (κ3) is 3.59. The fraction of sp³-hybridized carbons (Fsp3) is 0.714. The summed E-state index contributed by atoms with van der Waals surface area (Å²) in [5.74, 6) is 1.79. The molecule has 2 heterocycles. The Morgan fingerprint density at radius 2 is 1.84 bits per heavy atom. The van der Waals surface area contributed by atoms with E-state index in [9.17, 15) is 0 Å². The molecule has 0 radical (unpaired) electrons. The molecule has 1 N–H and O–H groups in total. The van der Waals surface area contributed by atoms with E-state index in [0.29, 0.717) is 0 Å². The van der Waals surface area contributed by atoms with Crippen LogP contribution in [-0.2, 0) is 6.42 Å². The molecule has 0 saturated carbocycles. The van der Waals surface area contributed by atoms with E-state index in [-0.39, 0.29) is 0 Å². The molecule has 0 atom stereocenters. The fourth-order valence-corrected chi connectivity index (χ4v) is 3.03. The second-order valence-electron chi connectivity index (χ2n) is 5.03. The van der Waals surface area contributed by atoms with Crippen LogP contribution in [0.15, 0.2) is 4.47 Å². The second-order valence-corrected chi connectivity index (χ2v) is 5.83. The summed E-state index contributed by atoms with van der Waals surface area (Å²) in [6, 6.07) is 0. The normalized spacial score (nSPS) is 16.3. The number of halogens is 1. The lowest BCUT2D eigenvalue weighted by atomic mass is 10.2. The molecule has 2 rings (SSSR count). The number of aromatic nitrogens is 2. The van der Waals surface area contributed by atoms with Gasteiger partial charge in [0.25, 0.3) is 0 Å². The minimum Gasteiger partial charge on any atom is -0.372 e. The summed E-state index contributed by atoms with van der Waals surface area (Å²) in [5.41, 5.74) is 1.11. The number of hydrogen-bond donors (Lipinski definition) is 1. The van der Waals surface area contributed by atoms with Crippen molar-refractivity contribution >= 4 is 27.7 Å². The quantitative estimate of drug-likeness (QED) is 0.917. The first kappa shape index (κ1) is 14.6. The maximum Gasteiger partial charge on any atom is 0.227 e. The van der Waals surface area contributed by atoms with Crippen molar-refractivity contribution in [3.05, 3.63) is 10.2 Å². The molecule has 0 unspecified atom stereocenters. The van der Waals surface area contributed by atoms with Crippen LogP contribution in [0, 0.1) is 0 Å². The van der Waals surface area contributed by atoms with Gasteiger partial charge in [-0.1, -0.05) is 26.2 Å². The van der Waals surface area contributed by atoms with Crippen molar-refractivity contribution in [2.75, 3.05) is 30.4 Å². The standard InChI is InChI=1S/C14H23BrN4/c1-3-8-11-12(15)13(16-2)18-14(17-11)19-9-6-4-5-7-10-19/h3-10H2,1-2H3,(H,16,17,18). The van der Waals surface area contributed by atoms with Crippen molar-refractivity contribution in [2.24, 2.45) is 0 Å². The molecule has 0 aliphatic carbocycles. The third-order valence-corrected chi connectivity index (χ3v) is 4.35. The van der Waals surface area contributed by atoms with Crippen molar-refractivity contribution in [3.63, 3.8) is 0 Å². The zero-order chi connectivity index (χ0) is 13.7. The molecule has 4 nitrogen and oxygen atoms in total. The Hall–Kier alpha value is -0.840. The van der Waals surface area contributed by atoms with Crippen LogP contribution in [0.5, 0.6) is 0 Å². The van der Waals surface area contributed by atoms with Crippen LogP contribution in [0.1, 0.15) is 44.7 Å². The highest BCUT2D eigenvalue weighted by Gasteiger charge is 2.17. The van der Waals surface area contributed by atoms with Gasteiger partial charge in [0.15, 0.2) is 0 Å². The predicted octanol–water partition coefficient (Wildman–Crippen LogP) is 3.61. The number of anilines is 2. The molecule has 1 aliphatic heterocycles. The van der Waals surface area contributed by atoms with Gasteiger partial charge in [0, 0.05) is 20.1 Å². The molecule has 106 valence electrons. The fourth-order valence-electron chi connectivity index (χ4n) is 2.46. The number of rotatable bonds is 4. The largest absolute Gasteiger partial charge is 0.372 e. The van der Waals surface area contributed by atoms with E-state index in [1.807, 2.05) is 7.05 Å². The Bertz CT molecular complexity index is 414. The van der Waals surface area contributed by atoms with Gasteiger partial charge < -0.3 is 10.2 Å². The molecular weight excluding hydrogens is 304 g/mol. The SMILES string of the molecule is CCCc1nc(N2CCCCCC2)nc(NC)c1Br. The van der Waals surface area contributed by atoms with Gasteiger partial charge in [0.1, 0.15) is 5.82 Å². The maximum atomic E-state index is 4.76. The molecule has 1 aromatic heterocycles. The van der Waals surface area contributed by atoms with E-state index in [2.05, 4.69) is 38.1 Å². The molecule has 0 spiro atoms. The Kier molecular flexibility index (Phi) is 5.43. The summed E-state index contributed by atoms with van der Waals surface area (Å²) in [5, 5.41) is 3.16. The Morgan fingerprint density at radius 1 is 1.16 bits per heavy atom. The lowest BCUT2D eigenvalue weighted by molar-refractivity contribution is 0.726. The van der Waals surface area contributed by atoms with Gasteiger partial charge in [0.05, 0.1) is 10.2 Å². The van der Waals surface area contributed by atoms with Gasteiger partial charge in [-0.25, -0.2) is 4.98 Å². The Morgan fingerprint density at radius 3 is 2.42 bits per heavy atom. The first-order valence-corrected chi connectivity index (χ1v) is 8.04. The molecule has 0 bridgehead atoms. The van der Waals surface area contributed by atoms with Crippen molar-refractivity contribution in [1.82, 2.24) is 9.97 Å². The zero-order valence-corrected chi connectivity index (χ0v) is 13.5. The minimum absolute atomic E-state index is 0.887. The molecule has 1 aliphatic rings. The zero-order valence-electron chi connectivity index (χ0n) is 11.9. The summed E-state index contributed by atoms with van der Waals surface area (Å²) in [4.78, 5) is 11.8. The minimum atomic E-state index is 0.887. The first-order chi connectivity index (χ1) is 9.26. The van der Waals surface area contributed by atoms with Crippen LogP contribution in [-0.4, -0.2) is 30.1 Å². The molecule has 1 fully saturated rings. The molecule has 0 aromatic carbocycles. The predicted molar refractivity (Wildman–Crippen MR) is 84.0 cm³/mol. The molecule has 1 aromatic rings. The lowest BCUT2D eigenvalue weighted by Crippen LogP contribution is -2.26. The van der Waals surface area contributed by atoms with Crippen LogP contribution in [0.25, 0.3) is 0 Å². The smallest absolute Gasteiger partial charge is 0.227 e. The number of nitrogens with one attached hydrogen (secondary N) is 1. The molecular formula is C14H23BrN4.